The number of aliphatic hydroxyl groups is 1. The Kier molecular flexibility index (Phi) is 6.51. The van der Waals surface area contributed by atoms with E-state index in [4.69, 9.17) is 5.11 Å². The number of hydrogen-bond donors (Lipinski definition) is 2. The summed E-state index contributed by atoms with van der Waals surface area (Å²) in [6.45, 7) is 7.99. The van der Waals surface area contributed by atoms with E-state index in [0.717, 1.165) is 0 Å². The molecule has 0 aliphatic carbocycles. The lowest BCUT2D eigenvalue weighted by molar-refractivity contribution is 0.270. The van der Waals surface area contributed by atoms with Crippen molar-refractivity contribution in [1.82, 2.24) is 4.72 Å². The van der Waals surface area contributed by atoms with Gasteiger partial charge in [0.1, 0.15) is 0 Å². The molecule has 1 unspecified atom stereocenters. The van der Waals surface area contributed by atoms with Gasteiger partial charge in [-0.1, -0.05) is 27.7 Å². The smallest absolute Gasteiger partial charge is 0.211 e. The summed E-state index contributed by atoms with van der Waals surface area (Å²) in [4.78, 5) is 0. The van der Waals surface area contributed by atoms with Crippen LogP contribution in [0.4, 0.5) is 0 Å². The van der Waals surface area contributed by atoms with Crippen molar-refractivity contribution >= 4 is 10.0 Å². The monoisotopic (exact) mass is 251 g/mol. The van der Waals surface area contributed by atoms with Gasteiger partial charge < -0.3 is 5.11 Å². The van der Waals surface area contributed by atoms with Gasteiger partial charge in [0.05, 0.1) is 5.75 Å². The fraction of sp³-hybridized carbons (Fsp3) is 1.00. The Labute approximate surface area is 99.5 Å². The average Bonchev–Trinajstić information content (AvgIpc) is 2.13. The van der Waals surface area contributed by atoms with Gasteiger partial charge >= 0.3 is 0 Å². The average molecular weight is 251 g/mol. The van der Waals surface area contributed by atoms with Crippen LogP contribution in [0.1, 0.15) is 47.0 Å². The summed E-state index contributed by atoms with van der Waals surface area (Å²) in [5.74, 6) is 0.151. The summed E-state index contributed by atoms with van der Waals surface area (Å²) < 4.78 is 26.1. The second-order valence-corrected chi connectivity index (χ2v) is 7.24. The fourth-order valence-corrected chi connectivity index (χ4v) is 3.05. The molecule has 0 saturated heterocycles. The van der Waals surface area contributed by atoms with Gasteiger partial charge in [-0.25, -0.2) is 13.1 Å². The Morgan fingerprint density at radius 3 is 2.25 bits per heavy atom. The maximum atomic E-state index is 11.7. The largest absolute Gasteiger partial charge is 0.396 e. The molecule has 0 aromatic rings. The lowest BCUT2D eigenvalue weighted by Gasteiger charge is -2.20. The first-order chi connectivity index (χ1) is 7.20. The molecule has 0 aromatic heterocycles. The zero-order chi connectivity index (χ0) is 12.8. The molecule has 98 valence electrons. The lowest BCUT2D eigenvalue weighted by atomic mass is 9.94. The van der Waals surface area contributed by atoms with Gasteiger partial charge in [-0.15, -0.1) is 0 Å². The summed E-state index contributed by atoms with van der Waals surface area (Å²) in [5, 5.41) is 8.79. The molecule has 0 aliphatic rings. The zero-order valence-electron chi connectivity index (χ0n) is 10.8. The van der Waals surface area contributed by atoms with Crippen molar-refractivity contribution in [2.45, 2.75) is 53.0 Å². The van der Waals surface area contributed by atoms with E-state index in [9.17, 15) is 8.42 Å². The molecule has 4 nitrogen and oxygen atoms in total. The van der Waals surface area contributed by atoms with E-state index in [1.807, 2.05) is 27.7 Å². The Balaban J connectivity index is 4.23. The van der Waals surface area contributed by atoms with Crippen LogP contribution in [0.15, 0.2) is 0 Å². The molecule has 0 bridgehead atoms. The molecular weight excluding hydrogens is 226 g/mol. The van der Waals surface area contributed by atoms with Crippen LogP contribution in [0.25, 0.3) is 0 Å². The second kappa shape index (κ2) is 6.57. The Morgan fingerprint density at radius 2 is 1.88 bits per heavy atom. The summed E-state index contributed by atoms with van der Waals surface area (Å²) in [6.07, 6.45) is 1.82. The highest BCUT2D eigenvalue weighted by atomic mass is 32.2. The summed E-state index contributed by atoms with van der Waals surface area (Å²) in [6, 6.07) is -0.144. The maximum absolute atomic E-state index is 11.7. The Hall–Kier alpha value is -0.130. The number of nitrogens with one attached hydrogen (secondary N) is 1. The molecule has 0 spiro atoms. The minimum Gasteiger partial charge on any atom is -0.396 e. The van der Waals surface area contributed by atoms with E-state index in [-0.39, 0.29) is 23.8 Å². The van der Waals surface area contributed by atoms with Gasteiger partial charge in [0.25, 0.3) is 0 Å². The van der Waals surface area contributed by atoms with Gasteiger partial charge in [-0.2, -0.15) is 0 Å². The first-order valence-corrected chi connectivity index (χ1v) is 7.46. The van der Waals surface area contributed by atoms with Crippen LogP contribution in [-0.4, -0.2) is 31.9 Å². The van der Waals surface area contributed by atoms with Crippen LogP contribution < -0.4 is 4.72 Å². The van der Waals surface area contributed by atoms with Crippen molar-refractivity contribution in [3.8, 4) is 0 Å². The van der Waals surface area contributed by atoms with Gasteiger partial charge in [0.15, 0.2) is 0 Å². The molecule has 5 heteroatoms. The van der Waals surface area contributed by atoms with Crippen LogP contribution in [0.2, 0.25) is 0 Å². The highest BCUT2D eigenvalue weighted by Crippen LogP contribution is 2.19. The third-order valence-electron chi connectivity index (χ3n) is 2.44. The second-order valence-electron chi connectivity index (χ2n) is 5.36. The first-order valence-electron chi connectivity index (χ1n) is 5.81. The molecule has 16 heavy (non-hydrogen) atoms. The summed E-state index contributed by atoms with van der Waals surface area (Å²) >= 11 is 0. The molecule has 1 atom stereocenters. The first kappa shape index (κ1) is 15.9. The quantitative estimate of drug-likeness (QED) is 0.720. The van der Waals surface area contributed by atoms with Crippen molar-refractivity contribution in [2.75, 3.05) is 12.4 Å². The van der Waals surface area contributed by atoms with Gasteiger partial charge in [-0.3, -0.25) is 0 Å². The Morgan fingerprint density at radius 1 is 1.31 bits per heavy atom. The van der Waals surface area contributed by atoms with E-state index >= 15 is 0 Å². The Bertz CT molecular complexity index is 280. The minimum atomic E-state index is -3.21. The van der Waals surface area contributed by atoms with E-state index in [1.165, 1.54) is 0 Å². The molecule has 0 heterocycles. The topological polar surface area (TPSA) is 66.4 Å². The highest BCUT2D eigenvalue weighted by molar-refractivity contribution is 7.89. The zero-order valence-corrected chi connectivity index (χ0v) is 11.6. The standard InChI is InChI=1S/C11H25NO3S/c1-5-10(6-8-13)12-16(14,15)9-7-11(2,3)4/h10,12-13H,5-9H2,1-4H3. The van der Waals surface area contributed by atoms with Gasteiger partial charge in [0, 0.05) is 12.6 Å². The van der Waals surface area contributed by atoms with E-state index in [1.54, 1.807) is 0 Å². The molecule has 0 fully saturated rings. The molecule has 0 aromatic carbocycles. The molecule has 0 rings (SSSR count). The predicted molar refractivity (Wildman–Crippen MR) is 66.8 cm³/mol. The third kappa shape index (κ3) is 8.07. The van der Waals surface area contributed by atoms with E-state index in [0.29, 0.717) is 19.3 Å². The van der Waals surface area contributed by atoms with E-state index in [2.05, 4.69) is 4.72 Å². The minimum absolute atomic E-state index is 0.0142. The summed E-state index contributed by atoms with van der Waals surface area (Å²) in [7, 11) is -3.21. The van der Waals surface area contributed by atoms with Crippen molar-refractivity contribution in [1.29, 1.82) is 0 Å². The third-order valence-corrected chi connectivity index (χ3v) is 3.87. The van der Waals surface area contributed by atoms with Crippen LogP contribution in [0.3, 0.4) is 0 Å². The van der Waals surface area contributed by atoms with E-state index < -0.39 is 10.0 Å². The maximum Gasteiger partial charge on any atom is 0.211 e. The molecule has 0 radical (unpaired) electrons. The van der Waals surface area contributed by atoms with Gasteiger partial charge in [0.2, 0.25) is 10.0 Å². The fourth-order valence-electron chi connectivity index (χ4n) is 1.26. The molecule has 0 amide bonds. The number of hydrogen-bond acceptors (Lipinski definition) is 3. The molecule has 0 saturated carbocycles. The van der Waals surface area contributed by atoms with Crippen LogP contribution in [0, 0.1) is 5.41 Å². The molecule has 2 N–H and O–H groups in total. The SMILES string of the molecule is CCC(CCO)NS(=O)(=O)CCC(C)(C)C. The van der Waals surface area contributed by atoms with Crippen LogP contribution in [0.5, 0.6) is 0 Å². The van der Waals surface area contributed by atoms with Crippen molar-refractivity contribution in [3.05, 3.63) is 0 Å². The summed E-state index contributed by atoms with van der Waals surface area (Å²) in [5.41, 5.74) is 0.0213. The normalized spacial score (nSPS) is 15.1. The van der Waals surface area contributed by atoms with Crippen molar-refractivity contribution in [3.63, 3.8) is 0 Å². The number of aliphatic hydroxyl groups excluding tert-OH is 1. The predicted octanol–water partition coefficient (Wildman–Crippen LogP) is 1.50. The number of sulfonamides is 1. The lowest BCUT2D eigenvalue weighted by Crippen LogP contribution is -2.37. The van der Waals surface area contributed by atoms with Crippen LogP contribution >= 0.6 is 0 Å². The van der Waals surface area contributed by atoms with Crippen molar-refractivity contribution in [2.24, 2.45) is 5.41 Å². The van der Waals surface area contributed by atoms with Crippen LogP contribution in [-0.2, 0) is 10.0 Å². The highest BCUT2D eigenvalue weighted by Gasteiger charge is 2.19. The molecular formula is C11H25NO3S. The van der Waals surface area contributed by atoms with Crippen molar-refractivity contribution < 1.29 is 13.5 Å². The molecule has 0 aliphatic heterocycles. The number of rotatable bonds is 7. The van der Waals surface area contributed by atoms with Gasteiger partial charge in [-0.05, 0) is 24.7 Å².